The van der Waals surface area contributed by atoms with Gasteiger partial charge in [-0.1, -0.05) is 0 Å². The van der Waals surface area contributed by atoms with Gasteiger partial charge in [-0.05, 0) is 67.9 Å². The smallest absolute Gasteiger partial charge is 0.338 e. The van der Waals surface area contributed by atoms with Crippen molar-refractivity contribution in [3.8, 4) is 0 Å². The number of fused-ring (bicyclic) bond motifs is 3. The van der Waals surface area contributed by atoms with Gasteiger partial charge in [0.1, 0.15) is 5.82 Å². The van der Waals surface area contributed by atoms with E-state index in [1.807, 2.05) is 28.8 Å². The maximum absolute atomic E-state index is 13.5. The first kappa shape index (κ1) is 17.0. The van der Waals surface area contributed by atoms with Crippen molar-refractivity contribution in [2.24, 2.45) is 0 Å². The molecule has 0 saturated heterocycles. The van der Waals surface area contributed by atoms with Crippen molar-refractivity contribution in [3.63, 3.8) is 0 Å². The van der Waals surface area contributed by atoms with Crippen LogP contribution in [0, 0.1) is 12.7 Å². The average molecular weight is 363 g/mol. The molecule has 0 fully saturated rings. The molecule has 0 saturated carbocycles. The van der Waals surface area contributed by atoms with Gasteiger partial charge in [0.05, 0.1) is 28.7 Å². The van der Waals surface area contributed by atoms with E-state index < -0.39 is 0 Å². The number of hydrogen-bond donors (Lipinski definition) is 1. The summed E-state index contributed by atoms with van der Waals surface area (Å²) in [4.78, 5) is 16.7. The summed E-state index contributed by atoms with van der Waals surface area (Å²) in [5.41, 5.74) is 4.16. The third-order valence-electron chi connectivity index (χ3n) is 4.39. The first-order valence-electron chi connectivity index (χ1n) is 8.68. The molecule has 6 heteroatoms. The van der Waals surface area contributed by atoms with Gasteiger partial charge in [0.15, 0.2) is 5.82 Å². The Morgan fingerprint density at radius 1 is 1.19 bits per heavy atom. The van der Waals surface area contributed by atoms with Gasteiger partial charge in [-0.2, -0.15) is 0 Å². The summed E-state index contributed by atoms with van der Waals surface area (Å²) >= 11 is 0. The van der Waals surface area contributed by atoms with Crippen molar-refractivity contribution in [3.05, 3.63) is 71.7 Å². The molecular weight excluding hydrogens is 345 g/mol. The van der Waals surface area contributed by atoms with Crippen LogP contribution in [0.4, 0.5) is 15.9 Å². The van der Waals surface area contributed by atoms with Crippen LogP contribution < -0.4 is 5.32 Å². The highest BCUT2D eigenvalue weighted by Gasteiger charge is 2.12. The number of aromatic nitrogens is 2. The van der Waals surface area contributed by atoms with Gasteiger partial charge in [0, 0.05) is 11.9 Å². The number of benzene rings is 2. The van der Waals surface area contributed by atoms with Crippen molar-refractivity contribution in [1.29, 1.82) is 0 Å². The summed E-state index contributed by atoms with van der Waals surface area (Å²) in [6.07, 6.45) is 1.93. The normalized spacial score (nSPS) is 11.1. The van der Waals surface area contributed by atoms with Crippen LogP contribution in [0.2, 0.25) is 0 Å². The molecule has 2 aromatic carbocycles. The molecule has 4 rings (SSSR count). The zero-order valence-electron chi connectivity index (χ0n) is 15.0. The van der Waals surface area contributed by atoms with Crippen LogP contribution >= 0.6 is 0 Å². The van der Waals surface area contributed by atoms with Crippen LogP contribution in [-0.4, -0.2) is 22.0 Å². The fraction of sp³-hybridized carbons (Fsp3) is 0.143. The lowest BCUT2D eigenvalue weighted by molar-refractivity contribution is 0.0526. The Balaban J connectivity index is 1.84. The fourth-order valence-electron chi connectivity index (χ4n) is 3.07. The minimum atomic E-state index is -0.377. The number of aryl methyl sites for hydroxylation is 1. The highest BCUT2D eigenvalue weighted by Crippen LogP contribution is 2.26. The van der Waals surface area contributed by atoms with Gasteiger partial charge in [-0.25, -0.2) is 14.2 Å². The first-order valence-corrected chi connectivity index (χ1v) is 8.68. The molecule has 0 unspecified atom stereocenters. The van der Waals surface area contributed by atoms with E-state index in [1.54, 1.807) is 38.1 Å². The van der Waals surface area contributed by atoms with Crippen LogP contribution in [0.1, 0.15) is 22.8 Å². The fourth-order valence-corrected chi connectivity index (χ4v) is 3.07. The Morgan fingerprint density at radius 2 is 2.04 bits per heavy atom. The monoisotopic (exact) mass is 363 g/mol. The molecule has 2 aromatic heterocycles. The predicted octanol–water partition coefficient (Wildman–Crippen LogP) is 4.86. The van der Waals surface area contributed by atoms with E-state index in [0.29, 0.717) is 29.1 Å². The Labute approximate surface area is 155 Å². The molecule has 0 spiro atoms. The van der Waals surface area contributed by atoms with Crippen LogP contribution in [0.5, 0.6) is 0 Å². The molecule has 0 atom stereocenters. The number of carbonyl (C=O) groups excluding carboxylic acids is 1. The van der Waals surface area contributed by atoms with Crippen molar-refractivity contribution < 1.29 is 13.9 Å². The standard InChI is InChI=1S/C21H18FN3O2/c1-3-27-21(26)14-6-9-18-17(12-14)24-20(19-5-4-10-25(18)19)23-15-7-8-16(22)13(2)11-15/h4-12H,3H2,1-2H3,(H,23,24). The molecule has 1 N–H and O–H groups in total. The SMILES string of the molecule is CCOC(=O)c1ccc2c(c1)nc(Nc1ccc(F)c(C)c1)c1cccn12. The summed E-state index contributed by atoms with van der Waals surface area (Å²) in [6.45, 7) is 3.80. The van der Waals surface area contributed by atoms with E-state index in [1.165, 1.54) is 6.07 Å². The molecule has 0 aliphatic carbocycles. The van der Waals surface area contributed by atoms with E-state index in [-0.39, 0.29) is 11.8 Å². The van der Waals surface area contributed by atoms with Gasteiger partial charge in [0.25, 0.3) is 0 Å². The van der Waals surface area contributed by atoms with Crippen LogP contribution in [-0.2, 0) is 4.74 Å². The number of anilines is 2. The lowest BCUT2D eigenvalue weighted by Gasteiger charge is -2.12. The molecular formula is C21H18FN3O2. The average Bonchev–Trinajstić information content (AvgIpc) is 3.15. The van der Waals surface area contributed by atoms with Crippen molar-refractivity contribution in [2.45, 2.75) is 13.8 Å². The Morgan fingerprint density at radius 3 is 2.81 bits per heavy atom. The molecule has 27 heavy (non-hydrogen) atoms. The second-order valence-electron chi connectivity index (χ2n) is 6.24. The molecule has 0 radical (unpaired) electrons. The number of nitrogens with one attached hydrogen (secondary N) is 1. The van der Waals surface area contributed by atoms with Crippen LogP contribution in [0.3, 0.4) is 0 Å². The molecule has 2 heterocycles. The largest absolute Gasteiger partial charge is 0.462 e. The zero-order chi connectivity index (χ0) is 19.0. The maximum atomic E-state index is 13.5. The summed E-state index contributed by atoms with van der Waals surface area (Å²) in [5, 5.41) is 3.25. The molecule has 4 aromatic rings. The summed E-state index contributed by atoms with van der Waals surface area (Å²) in [7, 11) is 0. The second kappa shape index (κ2) is 6.72. The molecule has 0 amide bonds. The van der Waals surface area contributed by atoms with Gasteiger partial charge < -0.3 is 14.5 Å². The molecule has 136 valence electrons. The number of esters is 1. The number of carbonyl (C=O) groups is 1. The zero-order valence-corrected chi connectivity index (χ0v) is 15.0. The molecule has 0 aliphatic heterocycles. The number of rotatable bonds is 4. The van der Waals surface area contributed by atoms with E-state index in [9.17, 15) is 9.18 Å². The Hall–Kier alpha value is -3.41. The van der Waals surface area contributed by atoms with Gasteiger partial charge >= 0.3 is 5.97 Å². The van der Waals surface area contributed by atoms with E-state index in [2.05, 4.69) is 5.32 Å². The van der Waals surface area contributed by atoms with E-state index >= 15 is 0 Å². The molecule has 0 bridgehead atoms. The minimum Gasteiger partial charge on any atom is -0.462 e. The Bertz CT molecular complexity index is 1170. The minimum absolute atomic E-state index is 0.251. The number of ether oxygens (including phenoxy) is 1. The lowest BCUT2D eigenvalue weighted by atomic mass is 10.2. The molecule has 0 aliphatic rings. The van der Waals surface area contributed by atoms with E-state index in [4.69, 9.17) is 9.72 Å². The van der Waals surface area contributed by atoms with Crippen molar-refractivity contribution in [2.75, 3.05) is 11.9 Å². The van der Waals surface area contributed by atoms with E-state index in [0.717, 1.165) is 16.7 Å². The lowest BCUT2D eigenvalue weighted by Crippen LogP contribution is -2.05. The predicted molar refractivity (Wildman–Crippen MR) is 103 cm³/mol. The number of hydrogen-bond acceptors (Lipinski definition) is 4. The quantitative estimate of drug-likeness (QED) is 0.526. The third kappa shape index (κ3) is 3.10. The summed E-state index contributed by atoms with van der Waals surface area (Å²) < 4.78 is 20.6. The Kier molecular flexibility index (Phi) is 4.24. The van der Waals surface area contributed by atoms with Crippen LogP contribution in [0.25, 0.3) is 16.6 Å². The highest BCUT2D eigenvalue weighted by atomic mass is 19.1. The van der Waals surface area contributed by atoms with Gasteiger partial charge in [-0.15, -0.1) is 0 Å². The second-order valence-corrected chi connectivity index (χ2v) is 6.24. The number of halogens is 1. The topological polar surface area (TPSA) is 55.6 Å². The summed E-state index contributed by atoms with van der Waals surface area (Å²) in [6, 6.07) is 14.0. The highest BCUT2D eigenvalue weighted by molar-refractivity contribution is 5.95. The van der Waals surface area contributed by atoms with Crippen molar-refractivity contribution >= 4 is 34.0 Å². The van der Waals surface area contributed by atoms with Crippen LogP contribution in [0.15, 0.2) is 54.7 Å². The summed E-state index contributed by atoms with van der Waals surface area (Å²) in [5.74, 6) is -0.00378. The first-order chi connectivity index (χ1) is 13.1. The number of nitrogens with zero attached hydrogens (tertiary/aromatic N) is 2. The van der Waals surface area contributed by atoms with Gasteiger partial charge in [0.2, 0.25) is 0 Å². The molecule has 5 nitrogen and oxygen atoms in total. The van der Waals surface area contributed by atoms with Gasteiger partial charge in [-0.3, -0.25) is 0 Å². The van der Waals surface area contributed by atoms with Crippen molar-refractivity contribution in [1.82, 2.24) is 9.38 Å². The maximum Gasteiger partial charge on any atom is 0.338 e. The third-order valence-corrected chi connectivity index (χ3v) is 4.39.